The van der Waals surface area contributed by atoms with Gasteiger partial charge in [-0.15, -0.1) is 0 Å². The SMILES string of the molecule is CCCCCCCC(O)CCOC[C@H](CO[Si](c1ccccc1)(c1ccccc1)C(C)(C)C)N=C(c1ccccc1)c1ccccc1.CCCCCCCCCCCC(=O)O[C@H](CCCCCCC)CCOC[C@H](CO[Si](c1ccccc1)(c1ccccc1)C(C)(C)C)N=C(c1ccccc1)c1ccccc1. The molecule has 0 fully saturated rings. The Bertz CT molecular complexity index is 3490. The number of benzene rings is 8. The molecule has 0 aromatic heterocycles. The lowest BCUT2D eigenvalue weighted by Gasteiger charge is -2.43. The van der Waals surface area contributed by atoms with Crippen molar-refractivity contribution in [3.05, 3.63) is 265 Å². The van der Waals surface area contributed by atoms with E-state index in [1.807, 2.05) is 24.3 Å². The van der Waals surface area contributed by atoms with Crippen LogP contribution in [0.1, 0.15) is 239 Å². The number of aliphatic imine (C=N–C) groups is 2. The number of esters is 1. The number of hydrogen-bond acceptors (Lipinski definition) is 9. The van der Waals surface area contributed by atoms with E-state index in [0.717, 1.165) is 72.2 Å². The molecule has 0 saturated heterocycles. The molecule has 0 aliphatic heterocycles. The van der Waals surface area contributed by atoms with Crippen molar-refractivity contribution in [2.24, 2.45) is 9.98 Å². The van der Waals surface area contributed by atoms with Crippen LogP contribution in [0.15, 0.2) is 253 Å². The molecule has 1 N–H and O–H groups in total. The molecule has 0 heterocycles. The van der Waals surface area contributed by atoms with Gasteiger partial charge in [0.2, 0.25) is 0 Å². The molecule has 8 aromatic rings. The van der Waals surface area contributed by atoms with Crippen LogP contribution in [0, 0.1) is 0 Å². The molecule has 107 heavy (non-hydrogen) atoms. The summed E-state index contributed by atoms with van der Waals surface area (Å²) in [4.78, 5) is 24.0. The quantitative estimate of drug-likeness (QED) is 0.0175. The molecule has 0 aliphatic carbocycles. The molecule has 8 aromatic carbocycles. The number of hydrogen-bond donors (Lipinski definition) is 1. The van der Waals surface area contributed by atoms with Crippen LogP contribution in [0.3, 0.4) is 0 Å². The van der Waals surface area contributed by atoms with Crippen molar-refractivity contribution in [3.63, 3.8) is 0 Å². The average molecular weight is 1480 g/mol. The highest BCUT2D eigenvalue weighted by Crippen LogP contribution is 2.39. The molecule has 9 nitrogen and oxygen atoms in total. The zero-order valence-electron chi connectivity index (χ0n) is 66.9. The first-order chi connectivity index (χ1) is 52.1. The summed E-state index contributed by atoms with van der Waals surface area (Å²) in [6.45, 7) is 23.2. The topological polar surface area (TPSA) is 108 Å². The Morgan fingerprint density at radius 1 is 0.346 bits per heavy atom. The summed E-state index contributed by atoms with van der Waals surface area (Å²) in [6.07, 6.45) is 26.0. The van der Waals surface area contributed by atoms with E-state index < -0.39 is 16.6 Å². The van der Waals surface area contributed by atoms with Gasteiger partial charge in [0.05, 0.1) is 62.6 Å². The lowest BCUT2D eigenvalue weighted by Crippen LogP contribution is -2.67. The molecule has 0 radical (unpaired) electrons. The van der Waals surface area contributed by atoms with Crippen molar-refractivity contribution in [2.75, 3.05) is 39.6 Å². The smallest absolute Gasteiger partial charge is 0.306 e. The second kappa shape index (κ2) is 49.1. The molecule has 4 atom stereocenters. The van der Waals surface area contributed by atoms with Gasteiger partial charge in [0, 0.05) is 41.7 Å². The minimum atomic E-state index is -2.84. The van der Waals surface area contributed by atoms with Crippen LogP contribution in [0.5, 0.6) is 0 Å². The fraction of sp³-hybridized carbons (Fsp3) is 0.469. The molecule has 8 rings (SSSR count). The van der Waals surface area contributed by atoms with E-state index >= 15 is 0 Å². The first-order valence-electron chi connectivity index (χ1n) is 41.0. The Morgan fingerprint density at radius 2 is 0.626 bits per heavy atom. The largest absolute Gasteiger partial charge is 0.462 e. The second-order valence-electron chi connectivity index (χ2n) is 31.2. The second-order valence-corrected chi connectivity index (χ2v) is 39.8. The van der Waals surface area contributed by atoms with E-state index in [1.165, 1.54) is 117 Å². The standard InChI is InChI=1S/C54H77NO4Si.C42H55NO3Si/c1-6-8-10-12-13-14-15-17-31-41-52(56)59-49(36-26-16-11-9-7-2)42-43-57-44-48(55-53(46-32-22-18-23-33-46)47-34-24-19-25-35-47)45-58-60(54(3,4)5,50-37-27-20-28-38-50)51-39-29-21-30-40-51;1-5-6-7-8-17-26-38(44)31-32-45-33-37(43-41(35-22-13-9-14-23-35)36-24-15-10-16-25-36)34-46-47(42(2,3)4,39-27-18-11-19-28-39)40-29-20-12-21-30-40/h18-25,27-30,32-35,37-40,48-49H,6-17,26,31,36,41-45H2,1-5H3;9-16,18-25,27-30,37-38,44H,5-8,17,26,31-34H2,1-4H3/t48-,49-;37-,38?/m11/s1. The highest BCUT2D eigenvalue weighted by molar-refractivity contribution is 7.00. The highest BCUT2D eigenvalue weighted by Gasteiger charge is 2.52. The fourth-order valence-corrected chi connectivity index (χ4v) is 23.9. The van der Waals surface area contributed by atoms with E-state index in [0.29, 0.717) is 58.9 Å². The van der Waals surface area contributed by atoms with Crippen LogP contribution in [-0.2, 0) is 27.9 Å². The monoisotopic (exact) mass is 1480 g/mol. The van der Waals surface area contributed by atoms with E-state index in [1.54, 1.807) is 0 Å². The van der Waals surface area contributed by atoms with Crippen LogP contribution in [0.2, 0.25) is 10.1 Å². The van der Waals surface area contributed by atoms with Gasteiger partial charge in [-0.2, -0.15) is 0 Å². The summed E-state index contributed by atoms with van der Waals surface area (Å²) >= 11 is 0. The van der Waals surface area contributed by atoms with Crippen molar-refractivity contribution in [2.45, 2.75) is 251 Å². The van der Waals surface area contributed by atoms with Gasteiger partial charge in [-0.3, -0.25) is 14.8 Å². The molecular formula is C96H132N2O7Si2. The zero-order chi connectivity index (χ0) is 76.1. The number of carbonyl (C=O) groups is 1. The normalized spacial score (nSPS) is 13.0. The number of ether oxygens (including phenoxy) is 3. The maximum Gasteiger partial charge on any atom is 0.306 e. The van der Waals surface area contributed by atoms with E-state index in [4.69, 9.17) is 33.0 Å². The van der Waals surface area contributed by atoms with Crippen molar-refractivity contribution < 1.29 is 33.0 Å². The van der Waals surface area contributed by atoms with Gasteiger partial charge in [-0.1, -0.05) is 414 Å². The maximum atomic E-state index is 13.1. The summed E-state index contributed by atoms with van der Waals surface area (Å²) in [5, 5.41) is 15.3. The predicted octanol–water partition coefficient (Wildman–Crippen LogP) is 21.7. The number of unbranched alkanes of at least 4 members (excludes halogenated alkanes) is 16. The lowest BCUT2D eigenvalue weighted by atomic mass is 10.0. The Kier molecular flexibility index (Phi) is 39.9. The molecule has 0 aliphatic rings. The van der Waals surface area contributed by atoms with Crippen LogP contribution < -0.4 is 20.7 Å². The summed E-state index contributed by atoms with van der Waals surface area (Å²) in [6, 6.07) is 84.2. The number of aliphatic hydroxyl groups excluding tert-OH is 1. The number of aliphatic hydroxyl groups is 1. The predicted molar refractivity (Wildman–Crippen MR) is 457 cm³/mol. The van der Waals surface area contributed by atoms with Crippen molar-refractivity contribution in [3.8, 4) is 0 Å². The molecule has 0 spiro atoms. The average Bonchev–Trinajstić information content (AvgIpc) is 0.754. The molecule has 11 heteroatoms. The van der Waals surface area contributed by atoms with Crippen LogP contribution in [0.25, 0.3) is 0 Å². The van der Waals surface area contributed by atoms with Gasteiger partial charge >= 0.3 is 5.97 Å². The van der Waals surface area contributed by atoms with Gasteiger partial charge in [-0.05, 0) is 62.9 Å². The molecule has 0 amide bonds. The Hall–Kier alpha value is -7.20. The Morgan fingerprint density at radius 3 is 0.944 bits per heavy atom. The highest BCUT2D eigenvalue weighted by atomic mass is 28.4. The summed E-state index contributed by atoms with van der Waals surface area (Å²) in [5.41, 5.74) is 6.09. The maximum absolute atomic E-state index is 13.1. The van der Waals surface area contributed by atoms with Gasteiger partial charge in [0.25, 0.3) is 16.6 Å². The number of rotatable bonds is 49. The zero-order valence-corrected chi connectivity index (χ0v) is 68.9. The minimum absolute atomic E-state index is 0.0620. The molecule has 0 saturated carbocycles. The Labute approximate surface area is 649 Å². The number of nitrogens with zero attached hydrogens (tertiary/aromatic N) is 2. The van der Waals surface area contributed by atoms with Gasteiger partial charge < -0.3 is 28.2 Å². The third-order valence-electron chi connectivity index (χ3n) is 20.5. The summed E-state index contributed by atoms with van der Waals surface area (Å²) in [7, 11) is -5.62. The molecular weight excluding hydrogens is 1350 g/mol. The van der Waals surface area contributed by atoms with Crippen molar-refractivity contribution >= 4 is 54.8 Å². The van der Waals surface area contributed by atoms with Crippen molar-refractivity contribution in [1.29, 1.82) is 0 Å². The fourth-order valence-electron chi connectivity index (χ4n) is 14.7. The van der Waals surface area contributed by atoms with E-state index in [-0.39, 0.29) is 40.3 Å². The van der Waals surface area contributed by atoms with Gasteiger partial charge in [0.1, 0.15) is 6.10 Å². The van der Waals surface area contributed by atoms with Crippen LogP contribution in [-0.4, -0.2) is 103 Å². The van der Waals surface area contributed by atoms with Crippen LogP contribution >= 0.6 is 0 Å². The van der Waals surface area contributed by atoms with Gasteiger partial charge in [0.15, 0.2) is 0 Å². The van der Waals surface area contributed by atoms with E-state index in [2.05, 4.69) is 281 Å². The molecule has 1 unspecified atom stereocenters. The third kappa shape index (κ3) is 29.3. The first-order valence-corrected chi connectivity index (χ1v) is 44.8. The molecule has 0 bridgehead atoms. The number of carbonyl (C=O) groups excluding carboxylic acids is 1. The summed E-state index contributed by atoms with van der Waals surface area (Å²) < 4.78 is 33.9. The lowest BCUT2D eigenvalue weighted by molar-refractivity contribution is -0.150. The van der Waals surface area contributed by atoms with E-state index in [9.17, 15) is 9.90 Å². The Balaban J connectivity index is 0.000000307. The van der Waals surface area contributed by atoms with Crippen molar-refractivity contribution in [1.82, 2.24) is 0 Å². The molecule has 576 valence electrons. The van der Waals surface area contributed by atoms with Crippen LogP contribution in [0.4, 0.5) is 0 Å². The van der Waals surface area contributed by atoms with Gasteiger partial charge in [-0.25, -0.2) is 0 Å². The minimum Gasteiger partial charge on any atom is -0.462 e. The first kappa shape index (κ1) is 87.0. The summed E-state index contributed by atoms with van der Waals surface area (Å²) in [5.74, 6) is -0.0620. The third-order valence-corrected chi connectivity index (χ3v) is 30.5.